The Bertz CT molecular complexity index is 797. The second-order valence-electron chi connectivity index (χ2n) is 5.57. The monoisotopic (exact) mass is 347 g/mol. The van der Waals surface area contributed by atoms with Crippen molar-refractivity contribution in [2.75, 3.05) is 11.9 Å². The lowest BCUT2D eigenvalue weighted by Gasteiger charge is -2.16. The second kappa shape index (κ2) is 6.97. The van der Waals surface area contributed by atoms with Crippen LogP contribution in [-0.4, -0.2) is 28.2 Å². The number of amides is 2. The van der Waals surface area contributed by atoms with Crippen molar-refractivity contribution < 1.29 is 14.0 Å². The summed E-state index contributed by atoms with van der Waals surface area (Å²) >= 11 is 5.64. The summed E-state index contributed by atoms with van der Waals surface area (Å²) in [5.74, 6) is -1.10. The van der Waals surface area contributed by atoms with Gasteiger partial charge in [0.15, 0.2) is 0 Å². The molecule has 1 fully saturated rings. The Morgan fingerprint density at radius 2 is 2.21 bits per heavy atom. The van der Waals surface area contributed by atoms with Gasteiger partial charge in [-0.25, -0.2) is 4.98 Å². The summed E-state index contributed by atoms with van der Waals surface area (Å²) in [6.45, 7) is 1.28. The van der Waals surface area contributed by atoms with Crippen LogP contribution in [0.1, 0.15) is 28.8 Å². The third-order valence-electron chi connectivity index (χ3n) is 3.79. The molecule has 3 rings (SSSR count). The second-order valence-corrected chi connectivity index (χ2v) is 5.98. The molecule has 1 N–H and O–H groups in total. The number of aromatic nitrogens is 1. The van der Waals surface area contributed by atoms with Gasteiger partial charge in [-0.2, -0.15) is 4.39 Å². The highest BCUT2D eigenvalue weighted by molar-refractivity contribution is 6.31. The quantitative estimate of drug-likeness (QED) is 0.863. The van der Waals surface area contributed by atoms with Crippen molar-refractivity contribution >= 4 is 29.1 Å². The first-order valence-corrected chi connectivity index (χ1v) is 7.90. The zero-order valence-electron chi connectivity index (χ0n) is 12.8. The maximum atomic E-state index is 13.1. The van der Waals surface area contributed by atoms with E-state index in [1.807, 2.05) is 12.1 Å². The molecule has 2 amide bonds. The molecule has 1 aromatic heterocycles. The van der Waals surface area contributed by atoms with Gasteiger partial charge in [0.2, 0.25) is 11.9 Å². The molecule has 1 saturated heterocycles. The lowest BCUT2D eigenvalue weighted by molar-refractivity contribution is -0.128. The van der Waals surface area contributed by atoms with Crippen LogP contribution in [-0.2, 0) is 11.3 Å². The standard InChI is InChI=1S/C17H15ClFN3O2/c18-14-8-12(9-20-16(14)19)17(24)21-13-4-1-3-11(7-13)10-22-6-2-5-15(22)23/h1,3-4,7-9H,2,5-6,10H2,(H,21,24). The summed E-state index contributed by atoms with van der Waals surface area (Å²) in [4.78, 5) is 29.1. The number of nitrogens with zero attached hydrogens (tertiary/aromatic N) is 2. The van der Waals surface area contributed by atoms with E-state index in [-0.39, 0.29) is 16.5 Å². The molecule has 1 aliphatic heterocycles. The molecule has 24 heavy (non-hydrogen) atoms. The van der Waals surface area contributed by atoms with Gasteiger partial charge in [0.1, 0.15) is 0 Å². The van der Waals surface area contributed by atoms with Crippen molar-refractivity contribution in [3.63, 3.8) is 0 Å². The number of nitrogens with one attached hydrogen (secondary N) is 1. The van der Waals surface area contributed by atoms with E-state index in [0.717, 1.165) is 24.7 Å². The van der Waals surface area contributed by atoms with Crippen molar-refractivity contribution in [3.8, 4) is 0 Å². The van der Waals surface area contributed by atoms with E-state index in [1.54, 1.807) is 17.0 Å². The molecule has 124 valence electrons. The van der Waals surface area contributed by atoms with E-state index in [9.17, 15) is 14.0 Å². The predicted octanol–water partition coefficient (Wildman–Crippen LogP) is 3.25. The van der Waals surface area contributed by atoms with Crippen LogP contribution in [0.2, 0.25) is 5.02 Å². The average Bonchev–Trinajstić information content (AvgIpc) is 2.95. The van der Waals surface area contributed by atoms with E-state index in [0.29, 0.717) is 18.7 Å². The number of halogens is 2. The molecule has 0 spiro atoms. The van der Waals surface area contributed by atoms with Crippen LogP contribution in [0.3, 0.4) is 0 Å². The first-order chi connectivity index (χ1) is 11.5. The molecule has 0 aliphatic carbocycles. The Hall–Kier alpha value is -2.47. The minimum absolute atomic E-state index is 0.150. The molecule has 0 atom stereocenters. The predicted molar refractivity (Wildman–Crippen MR) is 88.3 cm³/mol. The molecule has 0 unspecified atom stereocenters. The van der Waals surface area contributed by atoms with Crippen LogP contribution < -0.4 is 5.32 Å². The number of hydrogen-bond acceptors (Lipinski definition) is 3. The summed E-state index contributed by atoms with van der Waals surface area (Å²) < 4.78 is 13.1. The number of benzene rings is 1. The van der Waals surface area contributed by atoms with Gasteiger partial charge in [0, 0.05) is 31.4 Å². The number of anilines is 1. The van der Waals surface area contributed by atoms with E-state index in [2.05, 4.69) is 10.3 Å². The van der Waals surface area contributed by atoms with Gasteiger partial charge in [-0.05, 0) is 30.2 Å². The first kappa shape index (κ1) is 16.4. The summed E-state index contributed by atoms with van der Waals surface area (Å²) in [5.41, 5.74) is 1.68. The summed E-state index contributed by atoms with van der Waals surface area (Å²) in [6.07, 6.45) is 2.60. The molecule has 0 bridgehead atoms. The van der Waals surface area contributed by atoms with Crippen LogP contribution in [0.5, 0.6) is 0 Å². The van der Waals surface area contributed by atoms with E-state index in [1.165, 1.54) is 6.07 Å². The molecule has 2 heterocycles. The summed E-state index contributed by atoms with van der Waals surface area (Å²) in [7, 11) is 0. The molecular weight excluding hydrogens is 333 g/mol. The zero-order valence-corrected chi connectivity index (χ0v) is 13.5. The van der Waals surface area contributed by atoms with Gasteiger partial charge in [-0.15, -0.1) is 0 Å². The highest BCUT2D eigenvalue weighted by atomic mass is 35.5. The van der Waals surface area contributed by atoms with Crippen molar-refractivity contribution in [2.45, 2.75) is 19.4 Å². The van der Waals surface area contributed by atoms with Gasteiger partial charge < -0.3 is 10.2 Å². The molecule has 5 nitrogen and oxygen atoms in total. The van der Waals surface area contributed by atoms with Crippen molar-refractivity contribution in [1.29, 1.82) is 0 Å². The summed E-state index contributed by atoms with van der Waals surface area (Å²) in [5, 5.41) is 2.51. The van der Waals surface area contributed by atoms with Crippen molar-refractivity contribution in [3.05, 3.63) is 58.6 Å². The third kappa shape index (κ3) is 3.71. The highest BCUT2D eigenvalue weighted by Crippen LogP contribution is 2.19. The maximum Gasteiger partial charge on any atom is 0.257 e. The SMILES string of the molecule is O=C(Nc1cccc(CN2CCCC2=O)c1)c1cnc(F)c(Cl)c1. The Morgan fingerprint density at radius 3 is 2.92 bits per heavy atom. The normalized spacial score (nSPS) is 14.1. The van der Waals surface area contributed by atoms with E-state index < -0.39 is 11.9 Å². The smallest absolute Gasteiger partial charge is 0.257 e. The van der Waals surface area contributed by atoms with Gasteiger partial charge in [0.05, 0.1) is 10.6 Å². The number of likely N-dealkylation sites (tertiary alicyclic amines) is 1. The number of pyridine rings is 1. The fourth-order valence-corrected chi connectivity index (χ4v) is 2.75. The van der Waals surface area contributed by atoms with Gasteiger partial charge in [-0.3, -0.25) is 9.59 Å². The van der Waals surface area contributed by atoms with Crippen LogP contribution >= 0.6 is 11.6 Å². The third-order valence-corrected chi connectivity index (χ3v) is 4.05. The van der Waals surface area contributed by atoms with Crippen LogP contribution in [0.15, 0.2) is 36.5 Å². The van der Waals surface area contributed by atoms with E-state index in [4.69, 9.17) is 11.6 Å². The fourth-order valence-electron chi connectivity index (χ4n) is 2.59. The largest absolute Gasteiger partial charge is 0.338 e. The first-order valence-electron chi connectivity index (χ1n) is 7.52. The minimum atomic E-state index is -0.814. The van der Waals surface area contributed by atoms with Crippen LogP contribution in [0, 0.1) is 5.95 Å². The fraction of sp³-hybridized carbons (Fsp3) is 0.235. The number of carbonyl (C=O) groups is 2. The number of rotatable bonds is 4. The van der Waals surface area contributed by atoms with Crippen molar-refractivity contribution in [1.82, 2.24) is 9.88 Å². The van der Waals surface area contributed by atoms with Gasteiger partial charge >= 0.3 is 0 Å². The van der Waals surface area contributed by atoms with Gasteiger partial charge in [0.25, 0.3) is 5.91 Å². The number of carbonyl (C=O) groups excluding carboxylic acids is 2. The molecule has 2 aromatic rings. The molecule has 7 heteroatoms. The summed E-state index contributed by atoms with van der Waals surface area (Å²) in [6, 6.07) is 8.48. The van der Waals surface area contributed by atoms with Crippen molar-refractivity contribution in [2.24, 2.45) is 0 Å². The van der Waals surface area contributed by atoms with Crippen LogP contribution in [0.25, 0.3) is 0 Å². The minimum Gasteiger partial charge on any atom is -0.338 e. The lowest BCUT2D eigenvalue weighted by Crippen LogP contribution is -2.23. The topological polar surface area (TPSA) is 62.3 Å². The lowest BCUT2D eigenvalue weighted by atomic mass is 10.2. The average molecular weight is 348 g/mol. The Labute approximate surface area is 143 Å². The van der Waals surface area contributed by atoms with Gasteiger partial charge in [-0.1, -0.05) is 23.7 Å². The molecule has 1 aliphatic rings. The number of hydrogen-bond donors (Lipinski definition) is 1. The molecular formula is C17H15ClFN3O2. The molecule has 1 aromatic carbocycles. The highest BCUT2D eigenvalue weighted by Gasteiger charge is 2.20. The van der Waals surface area contributed by atoms with E-state index >= 15 is 0 Å². The van der Waals surface area contributed by atoms with Crippen LogP contribution in [0.4, 0.5) is 10.1 Å². The maximum absolute atomic E-state index is 13.1. The molecule has 0 saturated carbocycles. The Kier molecular flexibility index (Phi) is 4.76. The molecule has 0 radical (unpaired) electrons. The Balaban J connectivity index is 1.70. The Morgan fingerprint density at radius 1 is 1.38 bits per heavy atom. The zero-order chi connectivity index (χ0) is 17.1.